The van der Waals surface area contributed by atoms with Gasteiger partial charge >= 0.3 is 0 Å². The first-order valence-electron chi connectivity index (χ1n) is 9.91. The highest BCUT2D eigenvalue weighted by Gasteiger charge is 2.25. The smallest absolute Gasteiger partial charge is 0.254 e. The van der Waals surface area contributed by atoms with Gasteiger partial charge in [0.05, 0.1) is 23.2 Å². The Bertz CT molecular complexity index is 871. The number of nitrogens with zero attached hydrogens (tertiary/aromatic N) is 4. The van der Waals surface area contributed by atoms with Gasteiger partial charge in [0.1, 0.15) is 0 Å². The molecule has 1 aromatic carbocycles. The molecular weight excluding hydrogens is 472 g/mol. The average Bonchev–Trinajstić information content (AvgIpc) is 2.74. The molecule has 30 heavy (non-hydrogen) atoms. The van der Waals surface area contributed by atoms with Crippen LogP contribution in [0, 0.1) is 5.92 Å². The van der Waals surface area contributed by atoms with Crippen LogP contribution in [-0.2, 0) is 0 Å². The summed E-state index contributed by atoms with van der Waals surface area (Å²) in [6.07, 6.45) is 4.35. The third-order valence-corrected chi connectivity index (χ3v) is 5.56. The maximum Gasteiger partial charge on any atom is 0.254 e. The van der Waals surface area contributed by atoms with E-state index in [4.69, 9.17) is 21.1 Å². The van der Waals surface area contributed by atoms with E-state index in [1.165, 1.54) is 0 Å². The summed E-state index contributed by atoms with van der Waals surface area (Å²) in [4.78, 5) is 25.6. The number of anilines is 1. The van der Waals surface area contributed by atoms with Crippen LogP contribution in [0.1, 0.15) is 30.6 Å². The predicted octanol–water partition coefficient (Wildman–Crippen LogP) is 4.29. The molecule has 0 aliphatic carbocycles. The van der Waals surface area contributed by atoms with E-state index in [1.807, 2.05) is 0 Å². The number of amides is 1. The van der Waals surface area contributed by atoms with Gasteiger partial charge in [-0.25, -0.2) is 9.97 Å². The van der Waals surface area contributed by atoms with Crippen LogP contribution in [0.2, 0.25) is 5.02 Å². The molecule has 3 rings (SSSR count). The number of carbonyl (C=O) groups excluding carboxylic acids is 1. The minimum atomic E-state index is -0.0831. The van der Waals surface area contributed by atoms with Gasteiger partial charge in [-0.15, -0.1) is 0 Å². The number of aromatic nitrogens is 2. The Kier molecular flexibility index (Phi) is 7.77. The van der Waals surface area contributed by atoms with Crippen LogP contribution >= 0.6 is 27.5 Å². The molecule has 1 aromatic heterocycles. The van der Waals surface area contributed by atoms with E-state index in [9.17, 15) is 4.79 Å². The lowest BCUT2D eigenvalue weighted by Gasteiger charge is -2.34. The second kappa shape index (κ2) is 10.3. The Hall–Kier alpha value is -2.06. The normalized spacial score (nSPS) is 14.2. The fourth-order valence-corrected chi connectivity index (χ4v) is 3.61. The van der Waals surface area contributed by atoms with Gasteiger partial charge in [-0.3, -0.25) is 4.79 Å². The van der Waals surface area contributed by atoms with Crippen molar-refractivity contribution >= 4 is 39.4 Å². The second-order valence-electron chi connectivity index (χ2n) is 7.50. The van der Waals surface area contributed by atoms with Gasteiger partial charge in [0.15, 0.2) is 11.5 Å². The quantitative estimate of drug-likeness (QED) is 0.568. The Morgan fingerprint density at radius 2 is 1.87 bits per heavy atom. The summed E-state index contributed by atoms with van der Waals surface area (Å²) in [5.74, 6) is 2.06. The molecule has 0 saturated carbocycles. The number of piperazine rings is 1. The standard InChI is InChI=1S/C21H26BrClN4O3/c1-14(2)4-9-30-19-17(23)10-15(11-18(19)29-3)20(28)26-5-7-27(8-6-26)21-24-12-16(22)13-25-21/h10-14H,4-9H2,1-3H3. The van der Waals surface area contributed by atoms with Crippen LogP contribution in [-0.4, -0.2) is 60.7 Å². The van der Waals surface area contributed by atoms with Crippen molar-refractivity contribution in [1.82, 2.24) is 14.9 Å². The molecule has 7 nitrogen and oxygen atoms in total. The predicted molar refractivity (Wildman–Crippen MR) is 121 cm³/mol. The fraction of sp³-hybridized carbons (Fsp3) is 0.476. The van der Waals surface area contributed by atoms with Crippen LogP contribution in [0.3, 0.4) is 0 Å². The van der Waals surface area contributed by atoms with E-state index in [-0.39, 0.29) is 5.91 Å². The van der Waals surface area contributed by atoms with Crippen molar-refractivity contribution in [2.45, 2.75) is 20.3 Å². The lowest BCUT2D eigenvalue weighted by atomic mass is 10.1. The molecule has 1 saturated heterocycles. The minimum absolute atomic E-state index is 0.0831. The molecule has 1 fully saturated rings. The van der Waals surface area contributed by atoms with E-state index in [0.29, 0.717) is 66.7 Å². The number of rotatable bonds is 7. The summed E-state index contributed by atoms with van der Waals surface area (Å²) in [7, 11) is 1.55. The highest BCUT2D eigenvalue weighted by Crippen LogP contribution is 2.37. The first-order valence-corrected chi connectivity index (χ1v) is 11.1. The molecule has 2 heterocycles. The molecule has 0 spiro atoms. The van der Waals surface area contributed by atoms with Crippen molar-refractivity contribution in [3.63, 3.8) is 0 Å². The maximum absolute atomic E-state index is 13.0. The van der Waals surface area contributed by atoms with Crippen molar-refractivity contribution < 1.29 is 14.3 Å². The molecule has 0 bridgehead atoms. The SMILES string of the molecule is COc1cc(C(=O)N2CCN(c3ncc(Br)cn3)CC2)cc(Cl)c1OCCC(C)C. The topological polar surface area (TPSA) is 67.8 Å². The first kappa shape index (κ1) is 22.6. The van der Waals surface area contributed by atoms with E-state index in [0.717, 1.165) is 10.9 Å². The van der Waals surface area contributed by atoms with Gasteiger partial charge < -0.3 is 19.3 Å². The van der Waals surface area contributed by atoms with Crippen LogP contribution in [0.4, 0.5) is 5.95 Å². The van der Waals surface area contributed by atoms with Gasteiger partial charge in [0.2, 0.25) is 5.95 Å². The van der Waals surface area contributed by atoms with Crippen LogP contribution in [0.25, 0.3) is 0 Å². The molecule has 2 aromatic rings. The van der Waals surface area contributed by atoms with Gasteiger partial charge in [-0.1, -0.05) is 25.4 Å². The Morgan fingerprint density at radius 3 is 2.47 bits per heavy atom. The van der Waals surface area contributed by atoms with E-state index < -0.39 is 0 Å². The summed E-state index contributed by atoms with van der Waals surface area (Å²) in [6, 6.07) is 3.35. The molecule has 1 amide bonds. The molecule has 0 radical (unpaired) electrons. The lowest BCUT2D eigenvalue weighted by molar-refractivity contribution is 0.0745. The van der Waals surface area contributed by atoms with Crippen molar-refractivity contribution in [3.05, 3.63) is 39.6 Å². The molecule has 162 valence electrons. The molecule has 1 aliphatic rings. The Morgan fingerprint density at radius 1 is 1.20 bits per heavy atom. The molecule has 9 heteroatoms. The summed E-state index contributed by atoms with van der Waals surface area (Å²) in [5, 5.41) is 0.378. The number of hydrogen-bond acceptors (Lipinski definition) is 6. The number of benzene rings is 1. The van der Waals surface area contributed by atoms with Gasteiger partial charge in [0.25, 0.3) is 5.91 Å². The maximum atomic E-state index is 13.0. The summed E-state index contributed by atoms with van der Waals surface area (Å²) < 4.78 is 12.1. The fourth-order valence-electron chi connectivity index (χ4n) is 3.14. The van der Waals surface area contributed by atoms with Crippen molar-refractivity contribution in [1.29, 1.82) is 0 Å². The minimum Gasteiger partial charge on any atom is -0.493 e. The van der Waals surface area contributed by atoms with Crippen LogP contribution < -0.4 is 14.4 Å². The highest BCUT2D eigenvalue weighted by atomic mass is 79.9. The van der Waals surface area contributed by atoms with E-state index >= 15 is 0 Å². The Balaban J connectivity index is 1.66. The largest absolute Gasteiger partial charge is 0.493 e. The van der Waals surface area contributed by atoms with E-state index in [2.05, 4.69) is 44.6 Å². The Labute approximate surface area is 190 Å². The van der Waals surface area contributed by atoms with E-state index in [1.54, 1.807) is 36.5 Å². The van der Waals surface area contributed by atoms with Gasteiger partial charge in [-0.2, -0.15) is 0 Å². The zero-order valence-electron chi connectivity index (χ0n) is 17.4. The number of hydrogen-bond donors (Lipinski definition) is 0. The van der Waals surface area contributed by atoms with Crippen LogP contribution in [0.15, 0.2) is 29.0 Å². The molecule has 0 unspecified atom stereocenters. The molecule has 0 N–H and O–H groups in total. The van der Waals surface area contributed by atoms with Crippen molar-refractivity contribution in [2.75, 3.05) is 44.8 Å². The second-order valence-corrected chi connectivity index (χ2v) is 8.82. The summed E-state index contributed by atoms with van der Waals surface area (Å²) in [5.41, 5.74) is 0.487. The van der Waals surface area contributed by atoms with Gasteiger partial charge in [-0.05, 0) is 40.4 Å². The first-order chi connectivity index (χ1) is 14.4. The third-order valence-electron chi connectivity index (χ3n) is 4.87. The number of ether oxygens (including phenoxy) is 2. The van der Waals surface area contributed by atoms with Crippen molar-refractivity contribution in [2.24, 2.45) is 5.92 Å². The van der Waals surface area contributed by atoms with Crippen molar-refractivity contribution in [3.8, 4) is 11.5 Å². The average molecular weight is 498 g/mol. The third kappa shape index (κ3) is 5.55. The van der Waals surface area contributed by atoms with Crippen LogP contribution in [0.5, 0.6) is 11.5 Å². The lowest BCUT2D eigenvalue weighted by Crippen LogP contribution is -2.49. The zero-order chi connectivity index (χ0) is 21.7. The van der Waals surface area contributed by atoms with Gasteiger partial charge in [0, 0.05) is 44.1 Å². The number of methoxy groups -OCH3 is 1. The summed E-state index contributed by atoms with van der Waals surface area (Å²) in [6.45, 7) is 7.28. The molecular formula is C21H26BrClN4O3. The zero-order valence-corrected chi connectivity index (χ0v) is 19.7. The molecule has 0 atom stereocenters. The monoisotopic (exact) mass is 496 g/mol. The highest BCUT2D eigenvalue weighted by molar-refractivity contribution is 9.10. The number of halogens is 2. The summed E-state index contributed by atoms with van der Waals surface area (Å²) >= 11 is 9.76. The molecule has 1 aliphatic heterocycles. The number of carbonyl (C=O) groups is 1.